The molecule has 0 spiro atoms. The fraction of sp³-hybridized carbons (Fsp3) is 0.333. The Morgan fingerprint density at radius 1 is 0.533 bits per heavy atom. The van der Waals surface area contributed by atoms with Gasteiger partial charge in [-0.1, -0.05) is 74.9 Å². The van der Waals surface area contributed by atoms with Gasteiger partial charge in [-0.3, -0.25) is 19.2 Å². The Morgan fingerprint density at radius 2 is 0.911 bits per heavy atom. The maximum atomic E-state index is 13.4. The van der Waals surface area contributed by atoms with Crippen LogP contribution in [0.5, 0.6) is 0 Å². The third-order valence-electron chi connectivity index (χ3n) is 8.16. The summed E-state index contributed by atoms with van der Waals surface area (Å²) in [5.74, 6) is -1.05. The molecule has 2 aromatic carbocycles. The highest BCUT2D eigenvalue weighted by Gasteiger charge is 2.22. The number of benzene rings is 2. The fourth-order valence-corrected chi connectivity index (χ4v) is 5.71. The smallest absolute Gasteiger partial charge is 0.268 e. The molecule has 0 radical (unpaired) electrons. The second kappa shape index (κ2) is 15.7. The maximum absolute atomic E-state index is 13.4. The summed E-state index contributed by atoms with van der Waals surface area (Å²) in [7, 11) is 0. The second-order valence-electron chi connectivity index (χ2n) is 11.6. The Hall–Kier alpha value is -4.92. The van der Waals surface area contributed by atoms with Gasteiger partial charge in [0.05, 0.1) is 0 Å². The first-order valence-electron chi connectivity index (χ1n) is 15.8. The molecule has 1 aromatic heterocycles. The average Bonchev–Trinajstić information content (AvgIpc) is 3.52. The molecule has 4 N–H and O–H groups in total. The van der Waals surface area contributed by atoms with Gasteiger partial charge in [-0.2, -0.15) is 0 Å². The van der Waals surface area contributed by atoms with Crippen molar-refractivity contribution in [3.8, 4) is 0 Å². The van der Waals surface area contributed by atoms with E-state index in [0.717, 1.165) is 64.2 Å². The Bertz CT molecular complexity index is 1420. The zero-order valence-electron chi connectivity index (χ0n) is 25.3. The van der Waals surface area contributed by atoms with Crippen LogP contribution in [0.4, 0.5) is 0 Å². The largest absolute Gasteiger partial charge is 0.457 e. The van der Waals surface area contributed by atoms with Crippen LogP contribution >= 0.6 is 0 Å². The molecule has 2 aliphatic carbocycles. The van der Waals surface area contributed by atoms with E-state index in [1.165, 1.54) is 12.2 Å². The number of carbonyl (C=O) groups excluding carboxylic acids is 4. The van der Waals surface area contributed by atoms with Crippen LogP contribution in [0.15, 0.2) is 88.6 Å². The van der Waals surface area contributed by atoms with E-state index in [1.807, 2.05) is 12.1 Å². The molecule has 3 aromatic rings. The van der Waals surface area contributed by atoms with Gasteiger partial charge < -0.3 is 25.7 Å². The first kappa shape index (κ1) is 31.5. The van der Waals surface area contributed by atoms with Crippen LogP contribution in [0.3, 0.4) is 0 Å². The molecule has 0 aliphatic heterocycles. The fourth-order valence-electron chi connectivity index (χ4n) is 5.71. The van der Waals surface area contributed by atoms with Gasteiger partial charge >= 0.3 is 0 Å². The molecule has 1 heterocycles. The molecule has 0 atom stereocenters. The number of amides is 4. The standard InChI is InChI=1S/C36H40N4O5/c41-33(25-13-5-1-6-14-25)39-31(35(43)37-27-17-9-3-10-18-27)23-29-21-22-30(45-29)24-32(36(44)38-28-19-11-4-12-20-28)40-34(42)26-15-7-2-8-16-26/h1-2,5-8,13-16,21-24,27-28H,3-4,9-12,17-20H2,(H,37,43)(H,38,44)(H,39,41)(H,40,42)/b31-23-,32-24-. The predicted octanol–water partition coefficient (Wildman–Crippen LogP) is 5.72. The predicted molar refractivity (Wildman–Crippen MR) is 173 cm³/mol. The van der Waals surface area contributed by atoms with Gasteiger partial charge in [0.1, 0.15) is 22.9 Å². The lowest BCUT2D eigenvalue weighted by Gasteiger charge is -2.23. The summed E-state index contributed by atoms with van der Waals surface area (Å²) >= 11 is 0. The number of hydrogen-bond donors (Lipinski definition) is 4. The molecule has 9 heteroatoms. The van der Waals surface area contributed by atoms with E-state index in [0.29, 0.717) is 22.6 Å². The lowest BCUT2D eigenvalue weighted by atomic mass is 9.95. The third kappa shape index (κ3) is 9.28. The molecular formula is C36H40N4O5. The van der Waals surface area contributed by atoms with Gasteiger partial charge in [0.15, 0.2) is 0 Å². The Labute approximate surface area is 263 Å². The highest BCUT2D eigenvalue weighted by atomic mass is 16.3. The monoisotopic (exact) mass is 608 g/mol. The number of nitrogens with one attached hydrogen (secondary N) is 4. The molecule has 0 saturated heterocycles. The van der Waals surface area contributed by atoms with E-state index < -0.39 is 23.6 Å². The molecule has 2 saturated carbocycles. The van der Waals surface area contributed by atoms with Crippen LogP contribution in [0.2, 0.25) is 0 Å². The topological polar surface area (TPSA) is 130 Å². The van der Waals surface area contributed by atoms with Gasteiger partial charge in [-0.15, -0.1) is 0 Å². The van der Waals surface area contributed by atoms with Crippen molar-refractivity contribution in [3.63, 3.8) is 0 Å². The van der Waals surface area contributed by atoms with Crippen LogP contribution < -0.4 is 21.3 Å². The third-order valence-corrected chi connectivity index (χ3v) is 8.16. The van der Waals surface area contributed by atoms with E-state index in [4.69, 9.17) is 4.42 Å². The van der Waals surface area contributed by atoms with Crippen molar-refractivity contribution in [1.82, 2.24) is 21.3 Å². The summed E-state index contributed by atoms with van der Waals surface area (Å²) in [5, 5.41) is 11.6. The van der Waals surface area contributed by atoms with Crippen molar-refractivity contribution in [3.05, 3.63) is 107 Å². The van der Waals surface area contributed by atoms with E-state index in [1.54, 1.807) is 60.7 Å². The zero-order chi connectivity index (χ0) is 31.4. The maximum Gasteiger partial charge on any atom is 0.268 e. The first-order chi connectivity index (χ1) is 21.9. The molecule has 2 aliphatic rings. The minimum absolute atomic E-state index is 0.0387. The van der Waals surface area contributed by atoms with Crippen LogP contribution in [-0.4, -0.2) is 35.7 Å². The highest BCUT2D eigenvalue weighted by molar-refractivity contribution is 6.06. The average molecular weight is 609 g/mol. The molecule has 4 amide bonds. The minimum atomic E-state index is -0.419. The number of furan rings is 1. The lowest BCUT2D eigenvalue weighted by molar-refractivity contribution is -0.119. The number of carbonyl (C=O) groups is 4. The molecule has 2 fully saturated rings. The Balaban J connectivity index is 1.39. The normalized spacial score (nSPS) is 16.4. The van der Waals surface area contributed by atoms with Crippen LogP contribution in [-0.2, 0) is 9.59 Å². The first-order valence-corrected chi connectivity index (χ1v) is 15.8. The summed E-state index contributed by atoms with van der Waals surface area (Å²) < 4.78 is 5.98. The summed E-state index contributed by atoms with van der Waals surface area (Å²) in [6.45, 7) is 0. The van der Waals surface area contributed by atoms with Crippen molar-refractivity contribution >= 4 is 35.8 Å². The van der Waals surface area contributed by atoms with Crippen LogP contribution in [0, 0.1) is 0 Å². The SMILES string of the molecule is O=C(NC1CCCCC1)/C(=C/c1ccc(/C=C(\NC(=O)c2ccccc2)C(=O)NC2CCCCC2)o1)NC(=O)c1ccccc1. The number of hydrogen-bond acceptors (Lipinski definition) is 5. The molecule has 234 valence electrons. The summed E-state index contributed by atoms with van der Waals surface area (Å²) in [6, 6.07) is 20.7. The summed E-state index contributed by atoms with van der Waals surface area (Å²) in [4.78, 5) is 52.7. The van der Waals surface area contributed by atoms with Gasteiger partial charge in [-0.25, -0.2) is 0 Å². The van der Waals surface area contributed by atoms with E-state index >= 15 is 0 Å². The molecular weight excluding hydrogens is 568 g/mol. The van der Waals surface area contributed by atoms with Crippen molar-refractivity contribution in [2.45, 2.75) is 76.3 Å². The van der Waals surface area contributed by atoms with Crippen LogP contribution in [0.25, 0.3) is 12.2 Å². The summed E-state index contributed by atoms with van der Waals surface area (Å²) in [5.41, 5.74) is 0.929. The van der Waals surface area contributed by atoms with E-state index in [9.17, 15) is 19.2 Å². The number of rotatable bonds is 10. The minimum Gasteiger partial charge on any atom is -0.457 e. The Kier molecular flexibility index (Phi) is 11.0. The van der Waals surface area contributed by atoms with Gasteiger partial charge in [0.2, 0.25) is 0 Å². The molecule has 5 rings (SSSR count). The Morgan fingerprint density at radius 3 is 1.29 bits per heavy atom. The molecule has 0 bridgehead atoms. The summed E-state index contributed by atoms with van der Waals surface area (Å²) in [6.07, 6.45) is 13.0. The van der Waals surface area contributed by atoms with Gasteiger partial charge in [-0.05, 0) is 62.1 Å². The highest BCUT2D eigenvalue weighted by Crippen LogP contribution is 2.20. The quantitative estimate of drug-likeness (QED) is 0.219. The van der Waals surface area contributed by atoms with Gasteiger partial charge in [0, 0.05) is 35.4 Å². The molecule has 0 unspecified atom stereocenters. The van der Waals surface area contributed by atoms with E-state index in [2.05, 4.69) is 21.3 Å². The molecule has 45 heavy (non-hydrogen) atoms. The molecule has 9 nitrogen and oxygen atoms in total. The second-order valence-corrected chi connectivity index (χ2v) is 11.6. The zero-order valence-corrected chi connectivity index (χ0v) is 25.3. The van der Waals surface area contributed by atoms with Crippen LogP contribution in [0.1, 0.15) is 96.4 Å². The van der Waals surface area contributed by atoms with Crippen molar-refractivity contribution in [2.75, 3.05) is 0 Å². The van der Waals surface area contributed by atoms with Crippen molar-refractivity contribution in [1.29, 1.82) is 0 Å². The lowest BCUT2D eigenvalue weighted by Crippen LogP contribution is -2.41. The van der Waals surface area contributed by atoms with Crippen molar-refractivity contribution < 1.29 is 23.6 Å². The van der Waals surface area contributed by atoms with Gasteiger partial charge in [0.25, 0.3) is 23.6 Å². The van der Waals surface area contributed by atoms with Crippen molar-refractivity contribution in [2.24, 2.45) is 0 Å². The van der Waals surface area contributed by atoms with E-state index in [-0.39, 0.29) is 23.5 Å².